The normalized spacial score (nSPS) is 12.2. The molecular weight excluding hydrogens is 266 g/mol. The van der Waals surface area contributed by atoms with Gasteiger partial charge < -0.3 is 15.8 Å². The third kappa shape index (κ3) is 5.36. The highest BCUT2D eigenvalue weighted by molar-refractivity contribution is 5.76. The minimum Gasteiger partial charge on any atom is -0.497 e. The van der Waals surface area contributed by atoms with E-state index in [9.17, 15) is 4.79 Å². The van der Waals surface area contributed by atoms with Crippen molar-refractivity contribution in [3.05, 3.63) is 29.8 Å². The molecule has 1 aromatic carbocycles. The highest BCUT2D eigenvalue weighted by atomic mass is 16.5. The van der Waals surface area contributed by atoms with Gasteiger partial charge >= 0.3 is 0 Å². The summed E-state index contributed by atoms with van der Waals surface area (Å²) in [5, 5.41) is 2.97. The summed E-state index contributed by atoms with van der Waals surface area (Å²) >= 11 is 0. The highest BCUT2D eigenvalue weighted by Crippen LogP contribution is 2.23. The summed E-state index contributed by atoms with van der Waals surface area (Å²) in [5.74, 6) is 0.829. The molecule has 0 spiro atoms. The van der Waals surface area contributed by atoms with Gasteiger partial charge in [-0.1, -0.05) is 26.0 Å². The molecule has 21 heavy (non-hydrogen) atoms. The Bertz CT molecular complexity index is 433. The molecular formula is C16H27N3O2. The zero-order valence-corrected chi connectivity index (χ0v) is 13.3. The van der Waals surface area contributed by atoms with Crippen molar-refractivity contribution in [1.29, 1.82) is 0 Å². The minimum absolute atomic E-state index is 0.00227. The van der Waals surface area contributed by atoms with Gasteiger partial charge in [-0.15, -0.1) is 0 Å². The molecule has 5 nitrogen and oxygen atoms in total. The summed E-state index contributed by atoms with van der Waals surface area (Å²) in [5.41, 5.74) is 6.55. The zero-order valence-electron chi connectivity index (χ0n) is 13.3. The molecule has 0 saturated heterocycles. The van der Waals surface area contributed by atoms with Gasteiger partial charge in [0, 0.05) is 19.5 Å². The van der Waals surface area contributed by atoms with Crippen LogP contribution in [0, 0.1) is 0 Å². The van der Waals surface area contributed by atoms with E-state index in [0.29, 0.717) is 19.5 Å². The number of ether oxygens (including phenoxy) is 1. The SMILES string of the molecule is CCN(CC)C(CNC(=O)CCN)c1cccc(OC)c1. The number of nitrogens with zero attached hydrogens (tertiary/aromatic N) is 1. The Kier molecular flexibility index (Phi) is 7.79. The van der Waals surface area contributed by atoms with Crippen molar-refractivity contribution >= 4 is 5.91 Å². The molecule has 0 radical (unpaired) electrons. The van der Waals surface area contributed by atoms with E-state index in [0.717, 1.165) is 24.4 Å². The first kappa shape index (κ1) is 17.5. The first-order valence-corrected chi connectivity index (χ1v) is 7.51. The molecule has 0 saturated carbocycles. The smallest absolute Gasteiger partial charge is 0.221 e. The largest absolute Gasteiger partial charge is 0.497 e. The first-order chi connectivity index (χ1) is 10.2. The number of likely N-dealkylation sites (N-methyl/N-ethyl adjacent to an activating group) is 1. The Morgan fingerprint density at radius 3 is 2.67 bits per heavy atom. The number of rotatable bonds is 9. The van der Waals surface area contributed by atoms with Crippen LogP contribution in [-0.4, -0.2) is 44.1 Å². The van der Waals surface area contributed by atoms with Crippen LogP contribution < -0.4 is 15.8 Å². The summed E-state index contributed by atoms with van der Waals surface area (Å²) in [6.07, 6.45) is 0.364. The third-order valence-electron chi connectivity index (χ3n) is 3.60. The molecule has 5 heteroatoms. The molecule has 1 aromatic rings. The van der Waals surface area contributed by atoms with Crippen LogP contribution in [0.1, 0.15) is 31.9 Å². The maximum atomic E-state index is 11.7. The van der Waals surface area contributed by atoms with E-state index in [4.69, 9.17) is 10.5 Å². The zero-order chi connectivity index (χ0) is 15.7. The van der Waals surface area contributed by atoms with E-state index in [1.807, 2.05) is 18.2 Å². The van der Waals surface area contributed by atoms with Crippen LogP contribution in [0.4, 0.5) is 0 Å². The number of nitrogens with two attached hydrogens (primary N) is 1. The number of carbonyl (C=O) groups is 1. The molecule has 0 fully saturated rings. The Morgan fingerprint density at radius 2 is 2.10 bits per heavy atom. The monoisotopic (exact) mass is 293 g/mol. The molecule has 0 aliphatic rings. The lowest BCUT2D eigenvalue weighted by atomic mass is 10.0. The molecule has 0 aliphatic carbocycles. The standard InChI is InChI=1S/C16H27N3O2/c1-4-19(5-2)15(12-18-16(20)9-10-17)13-7-6-8-14(11-13)21-3/h6-8,11,15H,4-5,9-10,12,17H2,1-3H3,(H,18,20). The maximum Gasteiger partial charge on any atom is 0.221 e. The van der Waals surface area contributed by atoms with E-state index in [1.165, 1.54) is 0 Å². The van der Waals surface area contributed by atoms with Gasteiger partial charge in [0.1, 0.15) is 5.75 Å². The fourth-order valence-corrected chi connectivity index (χ4v) is 2.40. The lowest BCUT2D eigenvalue weighted by molar-refractivity contribution is -0.121. The second kappa shape index (κ2) is 9.37. The maximum absolute atomic E-state index is 11.7. The van der Waals surface area contributed by atoms with Crippen LogP contribution >= 0.6 is 0 Å². The summed E-state index contributed by atoms with van der Waals surface area (Å²) < 4.78 is 5.29. The van der Waals surface area contributed by atoms with Gasteiger partial charge in [-0.2, -0.15) is 0 Å². The minimum atomic E-state index is -0.00227. The van der Waals surface area contributed by atoms with Gasteiger partial charge in [-0.25, -0.2) is 0 Å². The van der Waals surface area contributed by atoms with Crippen molar-refractivity contribution < 1.29 is 9.53 Å². The molecule has 1 unspecified atom stereocenters. The molecule has 1 atom stereocenters. The van der Waals surface area contributed by atoms with Crippen molar-refractivity contribution in [2.24, 2.45) is 5.73 Å². The quantitative estimate of drug-likeness (QED) is 0.725. The summed E-state index contributed by atoms with van der Waals surface area (Å²) in [4.78, 5) is 14.0. The number of carbonyl (C=O) groups excluding carboxylic acids is 1. The van der Waals surface area contributed by atoms with Gasteiger partial charge in [0.25, 0.3) is 0 Å². The molecule has 0 aliphatic heterocycles. The van der Waals surface area contributed by atoms with Crippen LogP contribution in [0.3, 0.4) is 0 Å². The van der Waals surface area contributed by atoms with E-state index in [1.54, 1.807) is 7.11 Å². The molecule has 1 amide bonds. The van der Waals surface area contributed by atoms with Gasteiger partial charge in [0.15, 0.2) is 0 Å². The molecule has 118 valence electrons. The average Bonchev–Trinajstić information content (AvgIpc) is 2.51. The summed E-state index contributed by atoms with van der Waals surface area (Å²) in [6, 6.07) is 8.14. The lowest BCUT2D eigenvalue weighted by Crippen LogP contribution is -2.38. The Balaban J connectivity index is 2.87. The fraction of sp³-hybridized carbons (Fsp3) is 0.562. The van der Waals surface area contributed by atoms with Gasteiger partial charge in [-0.3, -0.25) is 9.69 Å². The predicted octanol–water partition coefficient (Wildman–Crippen LogP) is 1.54. The number of amides is 1. The second-order valence-electron chi connectivity index (χ2n) is 4.86. The molecule has 0 heterocycles. The van der Waals surface area contributed by atoms with Gasteiger partial charge in [0.2, 0.25) is 5.91 Å². The number of methoxy groups -OCH3 is 1. The van der Waals surface area contributed by atoms with Crippen LogP contribution in [0.15, 0.2) is 24.3 Å². The Labute approximate surface area is 127 Å². The van der Waals surface area contributed by atoms with Gasteiger partial charge in [-0.05, 0) is 30.8 Å². The Morgan fingerprint density at radius 1 is 1.38 bits per heavy atom. The van der Waals surface area contributed by atoms with Crippen LogP contribution in [0.2, 0.25) is 0 Å². The molecule has 0 bridgehead atoms. The Hall–Kier alpha value is -1.59. The van der Waals surface area contributed by atoms with E-state index in [2.05, 4.69) is 30.1 Å². The third-order valence-corrected chi connectivity index (χ3v) is 3.60. The summed E-state index contributed by atoms with van der Waals surface area (Å²) in [6.45, 7) is 7.04. The van der Waals surface area contributed by atoms with Crippen molar-refractivity contribution in [3.63, 3.8) is 0 Å². The predicted molar refractivity (Wildman–Crippen MR) is 85.3 cm³/mol. The average molecular weight is 293 g/mol. The summed E-state index contributed by atoms with van der Waals surface area (Å²) in [7, 11) is 1.66. The van der Waals surface area contributed by atoms with Gasteiger partial charge in [0.05, 0.1) is 13.2 Å². The van der Waals surface area contributed by atoms with Crippen molar-refractivity contribution in [3.8, 4) is 5.75 Å². The van der Waals surface area contributed by atoms with E-state index >= 15 is 0 Å². The number of hydrogen-bond acceptors (Lipinski definition) is 4. The van der Waals surface area contributed by atoms with Crippen molar-refractivity contribution in [1.82, 2.24) is 10.2 Å². The highest BCUT2D eigenvalue weighted by Gasteiger charge is 2.19. The number of benzene rings is 1. The molecule has 3 N–H and O–H groups in total. The van der Waals surface area contributed by atoms with Crippen molar-refractivity contribution in [2.45, 2.75) is 26.3 Å². The first-order valence-electron chi connectivity index (χ1n) is 7.51. The second-order valence-corrected chi connectivity index (χ2v) is 4.86. The fourth-order valence-electron chi connectivity index (χ4n) is 2.40. The van der Waals surface area contributed by atoms with Crippen LogP contribution in [0.5, 0.6) is 5.75 Å². The van der Waals surface area contributed by atoms with Crippen LogP contribution in [-0.2, 0) is 4.79 Å². The van der Waals surface area contributed by atoms with E-state index in [-0.39, 0.29) is 11.9 Å². The van der Waals surface area contributed by atoms with Crippen molar-refractivity contribution in [2.75, 3.05) is 33.3 Å². The topological polar surface area (TPSA) is 67.6 Å². The lowest BCUT2D eigenvalue weighted by Gasteiger charge is -2.30. The van der Waals surface area contributed by atoms with E-state index < -0.39 is 0 Å². The number of nitrogens with one attached hydrogen (secondary N) is 1. The van der Waals surface area contributed by atoms with Crippen LogP contribution in [0.25, 0.3) is 0 Å². The number of hydrogen-bond donors (Lipinski definition) is 2. The molecule has 0 aromatic heterocycles. The molecule has 1 rings (SSSR count).